The van der Waals surface area contributed by atoms with Crippen molar-refractivity contribution in [3.05, 3.63) is 0 Å². The van der Waals surface area contributed by atoms with E-state index in [0.717, 1.165) is 12.3 Å². The summed E-state index contributed by atoms with van der Waals surface area (Å²) in [7, 11) is 0. The molecule has 13 heavy (non-hydrogen) atoms. The smallest absolute Gasteiger partial charge is 0.0177 e. The van der Waals surface area contributed by atoms with E-state index in [1.807, 2.05) is 0 Å². The average Bonchev–Trinajstić information content (AvgIpc) is 2.04. The van der Waals surface area contributed by atoms with Crippen LogP contribution in [-0.2, 0) is 0 Å². The zero-order valence-corrected chi connectivity index (χ0v) is 10.1. The van der Waals surface area contributed by atoms with Crippen molar-refractivity contribution in [2.24, 2.45) is 17.6 Å². The molecule has 0 fully saturated rings. The van der Waals surface area contributed by atoms with Crippen LogP contribution in [0.25, 0.3) is 0 Å². The second-order valence-corrected chi connectivity index (χ2v) is 4.84. The van der Waals surface area contributed by atoms with Gasteiger partial charge in [0.05, 0.1) is 0 Å². The Kier molecular flexibility index (Phi) is 5.62. The SMILES string of the molecule is CCCC(C)CC(N)(CC)C(C)C. The highest BCUT2D eigenvalue weighted by Crippen LogP contribution is 2.27. The zero-order chi connectivity index (χ0) is 10.5. The summed E-state index contributed by atoms with van der Waals surface area (Å²) in [4.78, 5) is 0. The second kappa shape index (κ2) is 5.64. The van der Waals surface area contributed by atoms with Crippen molar-refractivity contribution in [1.82, 2.24) is 0 Å². The Balaban J connectivity index is 4.10. The van der Waals surface area contributed by atoms with Crippen molar-refractivity contribution < 1.29 is 0 Å². The average molecular weight is 185 g/mol. The lowest BCUT2D eigenvalue weighted by Gasteiger charge is -2.35. The van der Waals surface area contributed by atoms with E-state index < -0.39 is 0 Å². The highest BCUT2D eigenvalue weighted by molar-refractivity contribution is 4.87. The summed E-state index contributed by atoms with van der Waals surface area (Å²) in [6.07, 6.45) is 4.86. The monoisotopic (exact) mass is 185 g/mol. The molecule has 1 heteroatoms. The Labute approximate surface area is 84.1 Å². The zero-order valence-electron chi connectivity index (χ0n) is 10.1. The predicted molar refractivity (Wildman–Crippen MR) is 60.7 cm³/mol. The van der Waals surface area contributed by atoms with Crippen LogP contribution in [0.5, 0.6) is 0 Å². The molecule has 2 N–H and O–H groups in total. The van der Waals surface area contributed by atoms with Gasteiger partial charge in [-0.25, -0.2) is 0 Å². The normalized spacial score (nSPS) is 18.7. The van der Waals surface area contributed by atoms with Crippen LogP contribution < -0.4 is 5.73 Å². The van der Waals surface area contributed by atoms with E-state index in [2.05, 4.69) is 34.6 Å². The van der Waals surface area contributed by atoms with Gasteiger partial charge in [0, 0.05) is 5.54 Å². The molecule has 0 aromatic heterocycles. The van der Waals surface area contributed by atoms with Gasteiger partial charge in [0.15, 0.2) is 0 Å². The molecular formula is C12H27N. The highest BCUT2D eigenvalue weighted by Gasteiger charge is 2.28. The lowest BCUT2D eigenvalue weighted by atomic mass is 9.77. The van der Waals surface area contributed by atoms with Crippen LogP contribution in [0.3, 0.4) is 0 Å². The molecule has 0 amide bonds. The van der Waals surface area contributed by atoms with E-state index in [9.17, 15) is 0 Å². The molecule has 0 saturated heterocycles. The van der Waals surface area contributed by atoms with E-state index in [1.54, 1.807) is 0 Å². The standard InChI is InChI=1S/C12H27N/c1-6-8-11(5)9-12(13,7-2)10(3)4/h10-11H,6-9,13H2,1-5H3. The van der Waals surface area contributed by atoms with Gasteiger partial charge >= 0.3 is 0 Å². The van der Waals surface area contributed by atoms with Crippen LogP contribution in [0.15, 0.2) is 0 Å². The first-order valence-corrected chi connectivity index (χ1v) is 5.75. The largest absolute Gasteiger partial charge is 0.325 e. The van der Waals surface area contributed by atoms with E-state index >= 15 is 0 Å². The first-order valence-electron chi connectivity index (χ1n) is 5.75. The summed E-state index contributed by atoms with van der Waals surface area (Å²) in [5.74, 6) is 1.37. The van der Waals surface area contributed by atoms with Gasteiger partial charge in [-0.1, -0.05) is 47.5 Å². The molecule has 0 aromatic rings. The van der Waals surface area contributed by atoms with Gasteiger partial charge in [0.25, 0.3) is 0 Å². The number of nitrogens with two attached hydrogens (primary N) is 1. The van der Waals surface area contributed by atoms with Crippen LogP contribution in [0.1, 0.15) is 60.3 Å². The number of hydrogen-bond acceptors (Lipinski definition) is 1. The lowest BCUT2D eigenvalue weighted by Crippen LogP contribution is -2.45. The third-order valence-electron chi connectivity index (χ3n) is 3.32. The molecule has 0 aliphatic heterocycles. The van der Waals surface area contributed by atoms with Crippen LogP contribution in [0.4, 0.5) is 0 Å². The van der Waals surface area contributed by atoms with Crippen molar-refractivity contribution in [2.45, 2.75) is 65.8 Å². The summed E-state index contributed by atoms with van der Waals surface area (Å²) in [6.45, 7) is 11.3. The molecule has 0 radical (unpaired) electrons. The van der Waals surface area contributed by atoms with Gasteiger partial charge in [-0.2, -0.15) is 0 Å². The van der Waals surface area contributed by atoms with Gasteiger partial charge in [-0.05, 0) is 24.7 Å². The molecular weight excluding hydrogens is 158 g/mol. The van der Waals surface area contributed by atoms with Crippen molar-refractivity contribution in [2.75, 3.05) is 0 Å². The summed E-state index contributed by atoms with van der Waals surface area (Å²) in [5, 5.41) is 0. The second-order valence-electron chi connectivity index (χ2n) is 4.84. The minimum Gasteiger partial charge on any atom is -0.325 e. The molecule has 0 bridgehead atoms. The Morgan fingerprint density at radius 2 is 1.69 bits per heavy atom. The molecule has 0 aliphatic carbocycles. The maximum absolute atomic E-state index is 6.37. The summed E-state index contributed by atoms with van der Waals surface area (Å²) in [5.41, 5.74) is 6.44. The fraction of sp³-hybridized carbons (Fsp3) is 1.00. The third kappa shape index (κ3) is 4.12. The van der Waals surface area contributed by atoms with Gasteiger partial charge in [-0.15, -0.1) is 0 Å². The van der Waals surface area contributed by atoms with Crippen molar-refractivity contribution >= 4 is 0 Å². The molecule has 80 valence electrons. The highest BCUT2D eigenvalue weighted by atomic mass is 14.7. The predicted octanol–water partition coefficient (Wildman–Crippen LogP) is 3.58. The van der Waals surface area contributed by atoms with Crippen LogP contribution in [0, 0.1) is 11.8 Å². The fourth-order valence-corrected chi connectivity index (χ4v) is 2.03. The third-order valence-corrected chi connectivity index (χ3v) is 3.32. The fourth-order valence-electron chi connectivity index (χ4n) is 2.03. The number of rotatable bonds is 6. The molecule has 0 spiro atoms. The quantitative estimate of drug-likeness (QED) is 0.672. The van der Waals surface area contributed by atoms with E-state index in [1.165, 1.54) is 19.3 Å². The molecule has 1 nitrogen and oxygen atoms in total. The minimum atomic E-state index is 0.0641. The van der Waals surface area contributed by atoms with Gasteiger partial charge in [0.2, 0.25) is 0 Å². The van der Waals surface area contributed by atoms with E-state index in [4.69, 9.17) is 5.73 Å². The van der Waals surface area contributed by atoms with Crippen LogP contribution >= 0.6 is 0 Å². The molecule has 0 aromatic carbocycles. The first kappa shape index (κ1) is 13.0. The van der Waals surface area contributed by atoms with Crippen LogP contribution in [-0.4, -0.2) is 5.54 Å². The first-order chi connectivity index (χ1) is 5.96. The molecule has 0 aliphatic rings. The van der Waals surface area contributed by atoms with Gasteiger partial charge < -0.3 is 5.73 Å². The topological polar surface area (TPSA) is 26.0 Å². The summed E-state index contributed by atoms with van der Waals surface area (Å²) < 4.78 is 0. The number of hydrogen-bond donors (Lipinski definition) is 1. The minimum absolute atomic E-state index is 0.0641. The van der Waals surface area contributed by atoms with Crippen molar-refractivity contribution in [1.29, 1.82) is 0 Å². The summed E-state index contributed by atoms with van der Waals surface area (Å²) >= 11 is 0. The van der Waals surface area contributed by atoms with Crippen LogP contribution in [0.2, 0.25) is 0 Å². The Morgan fingerprint density at radius 1 is 1.15 bits per heavy atom. The molecule has 0 heterocycles. The van der Waals surface area contributed by atoms with Gasteiger partial charge in [-0.3, -0.25) is 0 Å². The Hall–Kier alpha value is -0.0400. The maximum atomic E-state index is 6.37. The Bertz CT molecular complexity index is 131. The van der Waals surface area contributed by atoms with Crippen molar-refractivity contribution in [3.63, 3.8) is 0 Å². The Morgan fingerprint density at radius 3 is 2.00 bits per heavy atom. The molecule has 0 rings (SSSR count). The summed E-state index contributed by atoms with van der Waals surface area (Å²) in [6, 6.07) is 0. The van der Waals surface area contributed by atoms with E-state index in [0.29, 0.717) is 5.92 Å². The molecule has 2 unspecified atom stereocenters. The van der Waals surface area contributed by atoms with Gasteiger partial charge in [0.1, 0.15) is 0 Å². The lowest BCUT2D eigenvalue weighted by molar-refractivity contribution is 0.234. The van der Waals surface area contributed by atoms with E-state index in [-0.39, 0.29) is 5.54 Å². The van der Waals surface area contributed by atoms with Crippen molar-refractivity contribution in [3.8, 4) is 0 Å². The molecule has 0 saturated carbocycles. The molecule has 2 atom stereocenters. The maximum Gasteiger partial charge on any atom is 0.0177 e.